The van der Waals surface area contributed by atoms with Crippen molar-refractivity contribution in [1.29, 1.82) is 0 Å². The molecular formula is C56H89NO15S. The topological polar surface area (TPSA) is 219 Å². The molecule has 6 unspecified atom stereocenters. The quantitative estimate of drug-likeness (QED) is 0.0819. The molecule has 2 aliphatic carbocycles. The van der Waals surface area contributed by atoms with Crippen LogP contribution in [0.15, 0.2) is 47.6 Å². The molecule has 2 bridgehead atoms. The number of ketones is 3. The molecular weight excluding hydrogens is 959 g/mol. The number of hydrogen-bond acceptors (Lipinski definition) is 15. The Morgan fingerprint density at radius 1 is 0.863 bits per heavy atom. The minimum Gasteiger partial charge on any atom is -0.460 e. The zero-order valence-corrected chi connectivity index (χ0v) is 46.4. The lowest BCUT2D eigenvalue weighted by atomic mass is 9.78. The third-order valence-electron chi connectivity index (χ3n) is 15.9. The van der Waals surface area contributed by atoms with Crippen LogP contribution in [0, 0.1) is 35.5 Å². The Kier molecular flexibility index (Phi) is 24.8. The lowest BCUT2D eigenvalue weighted by Gasteiger charge is -2.42. The van der Waals surface area contributed by atoms with Crippen LogP contribution in [-0.2, 0) is 62.2 Å². The second kappa shape index (κ2) is 29.2. The molecule has 2 heterocycles. The number of esters is 1. The van der Waals surface area contributed by atoms with Gasteiger partial charge < -0.3 is 43.5 Å². The van der Waals surface area contributed by atoms with Gasteiger partial charge in [0.25, 0.3) is 11.7 Å². The summed E-state index contributed by atoms with van der Waals surface area (Å²) < 4.78 is 59.7. The van der Waals surface area contributed by atoms with Gasteiger partial charge in [0.15, 0.2) is 5.78 Å². The molecule has 16 nitrogen and oxygen atoms in total. The zero-order valence-electron chi connectivity index (χ0n) is 45.6. The molecule has 1 saturated heterocycles. The second-order valence-electron chi connectivity index (χ2n) is 21.8. The number of sulfone groups is 1. The highest BCUT2D eigenvalue weighted by Gasteiger charge is 2.52. The van der Waals surface area contributed by atoms with Gasteiger partial charge in [-0.3, -0.25) is 19.2 Å². The largest absolute Gasteiger partial charge is 0.460 e. The number of Topliss-reactive ketones (excluding diaryl/α,β-unsaturated/α-hetero) is 3. The number of cyclic esters (lactones) is 1. The maximum atomic E-state index is 14.2. The monoisotopic (exact) mass is 1050 g/mol. The molecule has 3 fully saturated rings. The summed E-state index contributed by atoms with van der Waals surface area (Å²) in [5.41, 5.74) is 1.29. The van der Waals surface area contributed by atoms with Gasteiger partial charge in [0.05, 0.1) is 36.8 Å². The number of carbonyl (C=O) groups excluding carboxylic acids is 5. The fourth-order valence-corrected chi connectivity index (χ4v) is 10.9. The first-order valence-corrected chi connectivity index (χ1v) is 28.8. The van der Waals surface area contributed by atoms with Crippen LogP contribution in [0.25, 0.3) is 0 Å². The molecule has 0 spiro atoms. The molecule has 2 N–H and O–H groups in total. The minimum atomic E-state index is -3.12. The normalized spacial score (nSPS) is 36.8. The number of amides is 1. The molecule has 1 amide bonds. The number of carbonyl (C=O) groups is 5. The predicted octanol–water partition coefficient (Wildman–Crippen LogP) is 7.03. The van der Waals surface area contributed by atoms with Crippen molar-refractivity contribution in [3.05, 3.63) is 47.6 Å². The molecule has 4 rings (SSSR count). The van der Waals surface area contributed by atoms with Crippen LogP contribution in [0.4, 0.5) is 0 Å². The number of rotatable bonds is 13. The average molecular weight is 1050 g/mol. The molecule has 0 radical (unpaired) electrons. The Labute approximate surface area is 435 Å². The van der Waals surface area contributed by atoms with Crippen molar-refractivity contribution in [3.63, 3.8) is 0 Å². The van der Waals surface area contributed by atoms with E-state index in [1.54, 1.807) is 40.9 Å². The SMILES string of the molecule is COC1C(=O)C(C)CC/C=C/C=C/C=C(\C)[C@@H](OCC2CCC2)C[C@H]2CC[C@H](C)[C@](O)(O2)C(=O)C(=O)N(C)C(C)C(=O)OC([C@H](C)C[C@@H]2CC[C@@H](OCCCS(C)(=O)=O)[C@H](OC)C2)CC(=O)C(C)/C=C(\C)C1O. The summed E-state index contributed by atoms with van der Waals surface area (Å²) in [6, 6.07) is -1.32. The van der Waals surface area contributed by atoms with Crippen molar-refractivity contribution in [1.82, 2.24) is 4.90 Å². The van der Waals surface area contributed by atoms with Crippen LogP contribution < -0.4 is 0 Å². The van der Waals surface area contributed by atoms with Crippen LogP contribution in [0.5, 0.6) is 0 Å². The Morgan fingerprint density at radius 2 is 1.58 bits per heavy atom. The molecule has 4 aliphatic rings. The summed E-state index contributed by atoms with van der Waals surface area (Å²) in [5.74, 6) is -8.00. The molecule has 14 atom stereocenters. The Hall–Kier alpha value is -3.42. The Balaban J connectivity index is 1.63. The van der Waals surface area contributed by atoms with Crippen molar-refractivity contribution in [3.8, 4) is 0 Å². The number of aliphatic hydroxyl groups is 2. The lowest BCUT2D eigenvalue weighted by Crippen LogP contribution is -2.59. The lowest BCUT2D eigenvalue weighted by molar-refractivity contribution is -0.266. The molecule has 17 heteroatoms. The van der Waals surface area contributed by atoms with E-state index in [1.807, 2.05) is 44.2 Å². The number of fused-ring (bicyclic) bond motifs is 2. The van der Waals surface area contributed by atoms with Crippen molar-refractivity contribution in [2.24, 2.45) is 35.5 Å². The van der Waals surface area contributed by atoms with Crippen LogP contribution in [0.2, 0.25) is 0 Å². The van der Waals surface area contributed by atoms with E-state index < -0.39 is 87.6 Å². The average Bonchev–Trinajstić information content (AvgIpc) is 3.33. The number of methoxy groups -OCH3 is 2. The number of nitrogens with zero attached hydrogens (tertiary/aromatic N) is 1. The van der Waals surface area contributed by atoms with Crippen LogP contribution >= 0.6 is 0 Å². The minimum absolute atomic E-state index is 0.0257. The Bertz CT molecular complexity index is 2080. The van der Waals surface area contributed by atoms with Gasteiger partial charge in [0, 0.05) is 64.7 Å². The maximum absolute atomic E-state index is 14.2. The van der Waals surface area contributed by atoms with E-state index in [9.17, 15) is 42.6 Å². The Morgan fingerprint density at radius 3 is 2.22 bits per heavy atom. The van der Waals surface area contributed by atoms with Crippen molar-refractivity contribution < 1.29 is 71.0 Å². The summed E-state index contributed by atoms with van der Waals surface area (Å²) in [4.78, 5) is 71.2. The first-order valence-electron chi connectivity index (χ1n) is 26.7. The number of ether oxygens (including phenoxy) is 6. The summed E-state index contributed by atoms with van der Waals surface area (Å²) in [6.07, 6.45) is 15.8. The van der Waals surface area contributed by atoms with Gasteiger partial charge in [-0.25, -0.2) is 13.2 Å². The van der Waals surface area contributed by atoms with E-state index in [1.165, 1.54) is 27.3 Å². The summed E-state index contributed by atoms with van der Waals surface area (Å²) in [6.45, 7) is 12.9. The van der Waals surface area contributed by atoms with Crippen molar-refractivity contribution in [2.45, 2.75) is 193 Å². The van der Waals surface area contributed by atoms with Crippen LogP contribution in [-0.4, -0.2) is 154 Å². The molecule has 0 aromatic carbocycles. The van der Waals surface area contributed by atoms with E-state index in [0.717, 1.165) is 36.2 Å². The third kappa shape index (κ3) is 18.4. The summed E-state index contributed by atoms with van der Waals surface area (Å²) in [7, 11) is 1.14. The van der Waals surface area contributed by atoms with E-state index in [0.29, 0.717) is 75.9 Å². The molecule has 73 heavy (non-hydrogen) atoms. The standard InChI is InChI=1S/C56H89NO15S/c1-35-19-15-13-12-14-16-20-36(2)50(59)52(68-10)51(60)39(5)29-37(3)45(58)33-48(38(4)30-43-24-26-46(49(31-43)67-9)69-27-18-28-73(11,65)66)71-55(63)41(7)57(8)54(62)53(61)56(64)40(6)23-25-44(72-56)32-47(35)70-34-42-21-17-22-42/h12-15,19,29,36-38,40-44,46-49,51-52,60,64H,16-18,20-28,30-34H2,1-11H3/b14-12+,15-13+,35-19+,39-29+/t36?,37?,38-,40+,41?,43+,44-,46-,47+,48?,49-,51?,52?,56+/m1/s1. The van der Waals surface area contributed by atoms with Gasteiger partial charge in [-0.05, 0) is 120 Å². The van der Waals surface area contributed by atoms with E-state index >= 15 is 0 Å². The zero-order chi connectivity index (χ0) is 54.2. The first kappa shape index (κ1) is 62.1. The smallest absolute Gasteiger partial charge is 0.328 e. The van der Waals surface area contributed by atoms with Gasteiger partial charge in [-0.1, -0.05) is 70.6 Å². The fraction of sp³-hybridized carbons (Fsp3) is 0.768. The number of hydrogen-bond donors (Lipinski definition) is 2. The highest BCUT2D eigenvalue weighted by atomic mass is 32.2. The molecule has 414 valence electrons. The molecule has 0 aromatic rings. The fourth-order valence-electron chi connectivity index (χ4n) is 10.3. The molecule has 2 aliphatic heterocycles. The highest BCUT2D eigenvalue weighted by Crippen LogP contribution is 2.38. The molecule has 0 aromatic heterocycles. The summed E-state index contributed by atoms with van der Waals surface area (Å²) >= 11 is 0. The van der Waals surface area contributed by atoms with Gasteiger partial charge >= 0.3 is 5.97 Å². The number of likely N-dealkylation sites (N-methyl/N-ethyl adjacent to an activating group) is 1. The first-order chi connectivity index (χ1) is 34.4. The van der Waals surface area contributed by atoms with Gasteiger partial charge in [0.1, 0.15) is 40.0 Å². The number of allylic oxidation sites excluding steroid dienone is 6. The van der Waals surface area contributed by atoms with Gasteiger partial charge in [-0.2, -0.15) is 0 Å². The maximum Gasteiger partial charge on any atom is 0.328 e. The van der Waals surface area contributed by atoms with E-state index in [-0.39, 0.29) is 54.4 Å². The number of aliphatic hydroxyl groups excluding tert-OH is 1. The predicted molar refractivity (Wildman–Crippen MR) is 278 cm³/mol. The summed E-state index contributed by atoms with van der Waals surface area (Å²) in [5, 5.41) is 23.4. The highest BCUT2D eigenvalue weighted by molar-refractivity contribution is 7.90. The molecule has 2 saturated carbocycles. The van der Waals surface area contributed by atoms with Crippen molar-refractivity contribution >= 4 is 39.1 Å². The van der Waals surface area contributed by atoms with Crippen molar-refractivity contribution in [2.75, 3.05) is 46.5 Å². The van der Waals surface area contributed by atoms with Crippen LogP contribution in [0.3, 0.4) is 0 Å². The third-order valence-corrected chi connectivity index (χ3v) is 16.9. The van der Waals surface area contributed by atoms with Gasteiger partial charge in [0.2, 0.25) is 5.79 Å². The van der Waals surface area contributed by atoms with E-state index in [2.05, 4.69) is 0 Å². The van der Waals surface area contributed by atoms with Gasteiger partial charge in [-0.15, -0.1) is 0 Å². The van der Waals surface area contributed by atoms with E-state index in [4.69, 9.17) is 28.4 Å². The van der Waals surface area contributed by atoms with Crippen LogP contribution in [0.1, 0.15) is 138 Å². The second-order valence-corrected chi connectivity index (χ2v) is 24.1.